The molecule has 1 aliphatic rings. The number of nitrogens with zero attached hydrogens (tertiary/aromatic N) is 3. The lowest BCUT2D eigenvalue weighted by molar-refractivity contribution is -0.385. The average Bonchev–Trinajstić information content (AvgIpc) is 2.96. The number of anilines is 1. The highest BCUT2D eigenvalue weighted by atomic mass is 16.6. The quantitative estimate of drug-likeness (QED) is 0.509. The predicted molar refractivity (Wildman–Crippen MR) is 77.4 cm³/mol. The molecule has 0 saturated heterocycles. The number of carbonyl (C=O) groups excluding carboxylic acids is 1. The Bertz CT molecular complexity index is 740. The molecule has 3 rings (SSSR count). The zero-order valence-corrected chi connectivity index (χ0v) is 11.6. The molecular weight excluding hydrogens is 288 g/mol. The molecule has 2 heterocycles. The molecule has 0 saturated carbocycles. The summed E-state index contributed by atoms with van der Waals surface area (Å²) in [5.74, 6) is 0.0165. The summed E-state index contributed by atoms with van der Waals surface area (Å²) in [4.78, 5) is 26.6. The molecule has 0 unspecified atom stereocenters. The maximum atomic E-state index is 12.3. The average molecular weight is 302 g/mol. The number of phenolic OH excluding ortho intramolecular Hbond substituents is 1. The number of rotatable bonds is 3. The summed E-state index contributed by atoms with van der Waals surface area (Å²) in [7, 11) is 0. The second-order valence-corrected chi connectivity index (χ2v) is 5.18. The van der Waals surface area contributed by atoms with Crippen molar-refractivity contribution >= 4 is 17.3 Å². The van der Waals surface area contributed by atoms with Crippen LogP contribution in [-0.2, 0) is 17.8 Å². The molecule has 8 nitrogen and oxygen atoms in total. The van der Waals surface area contributed by atoms with Crippen LogP contribution in [0, 0.1) is 16.0 Å². The first-order valence-electron chi connectivity index (χ1n) is 6.83. The minimum Gasteiger partial charge on any atom is -0.502 e. The fourth-order valence-corrected chi connectivity index (χ4v) is 2.57. The Hall–Kier alpha value is -2.90. The third kappa shape index (κ3) is 2.62. The summed E-state index contributed by atoms with van der Waals surface area (Å²) in [5.41, 5.74) is -0.139. The van der Waals surface area contributed by atoms with Gasteiger partial charge in [0.25, 0.3) is 0 Å². The number of nitro groups is 1. The summed E-state index contributed by atoms with van der Waals surface area (Å²) < 4.78 is 2.01. The van der Waals surface area contributed by atoms with E-state index in [1.807, 2.05) is 10.8 Å². The van der Waals surface area contributed by atoms with Crippen molar-refractivity contribution in [1.82, 2.24) is 9.55 Å². The van der Waals surface area contributed by atoms with Gasteiger partial charge in [-0.05, 0) is 18.6 Å². The molecule has 114 valence electrons. The number of carbonyl (C=O) groups is 1. The van der Waals surface area contributed by atoms with Crippen LogP contribution in [-0.4, -0.2) is 25.5 Å². The number of aromatic hydroxyl groups is 1. The number of fused-ring (bicyclic) bond motifs is 1. The van der Waals surface area contributed by atoms with Crippen molar-refractivity contribution in [2.45, 2.75) is 19.4 Å². The van der Waals surface area contributed by atoms with E-state index >= 15 is 0 Å². The van der Waals surface area contributed by atoms with Gasteiger partial charge in [-0.2, -0.15) is 0 Å². The van der Waals surface area contributed by atoms with E-state index in [0.29, 0.717) is 18.5 Å². The molecule has 22 heavy (non-hydrogen) atoms. The van der Waals surface area contributed by atoms with Gasteiger partial charge < -0.3 is 15.0 Å². The SMILES string of the molecule is O=C(Nc1ccc(O)c([N+](=O)[O-])c1)[C@@H]1CCn2ccnc2C1. The van der Waals surface area contributed by atoms with Crippen LogP contribution in [0.1, 0.15) is 12.2 Å². The molecule has 1 atom stereocenters. The van der Waals surface area contributed by atoms with Gasteiger partial charge in [0.05, 0.1) is 4.92 Å². The maximum Gasteiger partial charge on any atom is 0.312 e. The third-order valence-electron chi connectivity index (χ3n) is 3.76. The lowest BCUT2D eigenvalue weighted by Crippen LogP contribution is -2.30. The predicted octanol–water partition coefficient (Wildman–Crippen LogP) is 1.70. The number of phenols is 1. The van der Waals surface area contributed by atoms with Crippen molar-refractivity contribution < 1.29 is 14.8 Å². The molecule has 1 aromatic heterocycles. The van der Waals surface area contributed by atoms with Crippen LogP contribution in [0.3, 0.4) is 0 Å². The number of nitro benzene ring substituents is 1. The maximum absolute atomic E-state index is 12.3. The number of nitrogens with one attached hydrogen (secondary N) is 1. The lowest BCUT2D eigenvalue weighted by atomic mass is 9.97. The molecular formula is C14H14N4O4. The van der Waals surface area contributed by atoms with Gasteiger partial charge in [-0.1, -0.05) is 0 Å². The van der Waals surface area contributed by atoms with Crippen molar-refractivity contribution in [3.05, 3.63) is 46.5 Å². The molecule has 2 N–H and O–H groups in total. The smallest absolute Gasteiger partial charge is 0.312 e. The van der Waals surface area contributed by atoms with Crippen molar-refractivity contribution in [3.63, 3.8) is 0 Å². The Kier molecular flexibility index (Phi) is 3.50. The van der Waals surface area contributed by atoms with Crippen LogP contribution >= 0.6 is 0 Å². The highest BCUT2D eigenvalue weighted by molar-refractivity contribution is 5.93. The van der Waals surface area contributed by atoms with Crippen LogP contribution in [0.4, 0.5) is 11.4 Å². The van der Waals surface area contributed by atoms with E-state index in [0.717, 1.165) is 18.4 Å². The molecule has 0 aliphatic carbocycles. The molecule has 2 aromatic rings. The normalized spacial score (nSPS) is 16.8. The number of hydrogen-bond acceptors (Lipinski definition) is 5. The van der Waals surface area contributed by atoms with E-state index in [4.69, 9.17) is 0 Å². The van der Waals surface area contributed by atoms with Gasteiger partial charge in [0.2, 0.25) is 5.91 Å². The highest BCUT2D eigenvalue weighted by Crippen LogP contribution is 2.29. The molecule has 0 fully saturated rings. The lowest BCUT2D eigenvalue weighted by Gasteiger charge is -2.22. The summed E-state index contributed by atoms with van der Waals surface area (Å²) in [6, 6.07) is 3.78. The Balaban J connectivity index is 1.72. The van der Waals surface area contributed by atoms with Crippen LogP contribution < -0.4 is 5.32 Å². The van der Waals surface area contributed by atoms with Crippen LogP contribution in [0.2, 0.25) is 0 Å². The Labute approximate surface area is 125 Å². The summed E-state index contributed by atoms with van der Waals surface area (Å²) >= 11 is 0. The third-order valence-corrected chi connectivity index (χ3v) is 3.76. The number of aryl methyl sites for hydroxylation is 1. The number of hydrogen-bond donors (Lipinski definition) is 2. The van der Waals surface area contributed by atoms with Gasteiger partial charge in [0, 0.05) is 43.0 Å². The largest absolute Gasteiger partial charge is 0.502 e. The van der Waals surface area contributed by atoms with E-state index in [-0.39, 0.29) is 11.8 Å². The van der Waals surface area contributed by atoms with Crippen molar-refractivity contribution in [2.24, 2.45) is 5.92 Å². The number of imidazole rings is 1. The summed E-state index contributed by atoms with van der Waals surface area (Å²) in [5, 5.41) is 22.9. The molecule has 0 bridgehead atoms. The van der Waals surface area contributed by atoms with Gasteiger partial charge in [0.1, 0.15) is 5.82 Å². The molecule has 1 amide bonds. The molecule has 1 aromatic carbocycles. The topological polar surface area (TPSA) is 110 Å². The van der Waals surface area contributed by atoms with Gasteiger partial charge in [-0.3, -0.25) is 14.9 Å². The van der Waals surface area contributed by atoms with E-state index in [9.17, 15) is 20.0 Å². The number of aromatic nitrogens is 2. The summed E-state index contributed by atoms with van der Waals surface area (Å²) in [6.45, 7) is 0.725. The van der Waals surface area contributed by atoms with Crippen LogP contribution in [0.15, 0.2) is 30.6 Å². The molecule has 8 heteroatoms. The monoisotopic (exact) mass is 302 g/mol. The summed E-state index contributed by atoms with van der Waals surface area (Å²) in [6.07, 6.45) is 4.82. The van der Waals surface area contributed by atoms with Gasteiger partial charge in [-0.15, -0.1) is 0 Å². The van der Waals surface area contributed by atoms with E-state index < -0.39 is 16.4 Å². The Morgan fingerprint density at radius 1 is 1.50 bits per heavy atom. The van der Waals surface area contributed by atoms with E-state index in [2.05, 4.69) is 10.3 Å². The standard InChI is InChI=1S/C14H14N4O4/c19-12-2-1-10(8-11(12)18(21)22)16-14(20)9-3-5-17-6-4-15-13(17)7-9/h1-2,4,6,8-9,19H,3,5,7H2,(H,16,20)/t9-/m1/s1. The fraction of sp³-hybridized carbons (Fsp3) is 0.286. The first-order valence-corrected chi connectivity index (χ1v) is 6.83. The van der Waals surface area contributed by atoms with E-state index in [1.165, 1.54) is 12.1 Å². The van der Waals surface area contributed by atoms with Gasteiger partial charge in [0.15, 0.2) is 5.75 Å². The van der Waals surface area contributed by atoms with Crippen molar-refractivity contribution in [3.8, 4) is 5.75 Å². The van der Waals surface area contributed by atoms with Gasteiger partial charge in [-0.25, -0.2) is 4.98 Å². The second-order valence-electron chi connectivity index (χ2n) is 5.18. The first-order chi connectivity index (χ1) is 10.5. The number of amides is 1. The minimum atomic E-state index is -0.692. The zero-order valence-electron chi connectivity index (χ0n) is 11.6. The first kappa shape index (κ1) is 14.1. The van der Waals surface area contributed by atoms with Crippen molar-refractivity contribution in [1.29, 1.82) is 0 Å². The van der Waals surface area contributed by atoms with Crippen molar-refractivity contribution in [2.75, 3.05) is 5.32 Å². The van der Waals surface area contributed by atoms with Crippen LogP contribution in [0.5, 0.6) is 5.75 Å². The highest BCUT2D eigenvalue weighted by Gasteiger charge is 2.26. The van der Waals surface area contributed by atoms with Crippen LogP contribution in [0.25, 0.3) is 0 Å². The van der Waals surface area contributed by atoms with E-state index in [1.54, 1.807) is 6.20 Å². The van der Waals surface area contributed by atoms with Gasteiger partial charge >= 0.3 is 5.69 Å². The zero-order chi connectivity index (χ0) is 15.7. The molecule has 0 spiro atoms. The Morgan fingerprint density at radius 2 is 2.32 bits per heavy atom. The fourth-order valence-electron chi connectivity index (χ4n) is 2.57. The molecule has 0 radical (unpaired) electrons. The molecule has 1 aliphatic heterocycles. The number of benzene rings is 1. The second kappa shape index (κ2) is 5.47. The Morgan fingerprint density at radius 3 is 3.09 bits per heavy atom. The minimum absolute atomic E-state index is 0.200.